The third kappa shape index (κ3) is 3.77. The summed E-state index contributed by atoms with van der Waals surface area (Å²) in [4.78, 5) is 26.9. The lowest BCUT2D eigenvalue weighted by Gasteiger charge is -2.14. The van der Waals surface area contributed by atoms with Crippen molar-refractivity contribution >= 4 is 22.8 Å². The van der Waals surface area contributed by atoms with Crippen LogP contribution in [0.2, 0.25) is 0 Å². The smallest absolute Gasteiger partial charge is 0.326 e. The van der Waals surface area contributed by atoms with Gasteiger partial charge in [-0.05, 0) is 31.9 Å². The Morgan fingerprint density at radius 3 is 2.77 bits per heavy atom. The Hall–Kier alpha value is -3.09. The number of benzene rings is 1. The molecule has 1 amide bonds. The summed E-state index contributed by atoms with van der Waals surface area (Å²) in [5, 5.41) is 16.9. The maximum Gasteiger partial charge on any atom is 0.326 e. The summed E-state index contributed by atoms with van der Waals surface area (Å²) in [5.41, 5.74) is 3.45. The van der Waals surface area contributed by atoms with Crippen LogP contribution >= 0.6 is 0 Å². The molecule has 0 aliphatic heterocycles. The van der Waals surface area contributed by atoms with Crippen molar-refractivity contribution in [1.82, 2.24) is 15.5 Å². The first kappa shape index (κ1) is 17.7. The molecule has 2 heterocycles. The van der Waals surface area contributed by atoms with E-state index in [1.807, 2.05) is 31.2 Å². The van der Waals surface area contributed by atoms with Gasteiger partial charge in [-0.15, -0.1) is 0 Å². The number of hydrogen-bond acceptors (Lipinski definition) is 4. The lowest BCUT2D eigenvalue weighted by Crippen LogP contribution is -2.42. The van der Waals surface area contributed by atoms with E-state index in [1.165, 1.54) is 0 Å². The molecule has 1 unspecified atom stereocenters. The van der Waals surface area contributed by atoms with Crippen LogP contribution in [0, 0.1) is 13.8 Å². The standard InChI is InChI=1S/C19H21N3O4/c1-11-14(12(2)26-22-11)7-8-18(23)21-17(19(24)25)9-13-10-20-16-6-4-3-5-15(13)16/h3-6,10,17,20H,7-9H2,1-2H3,(H,21,23)(H,24,25). The minimum Gasteiger partial charge on any atom is -0.480 e. The number of H-pyrrole nitrogens is 1. The minimum absolute atomic E-state index is 0.181. The highest BCUT2D eigenvalue weighted by Gasteiger charge is 2.22. The Labute approximate surface area is 150 Å². The number of amides is 1. The normalized spacial score (nSPS) is 12.2. The fraction of sp³-hybridized carbons (Fsp3) is 0.316. The molecule has 1 aromatic carbocycles. The highest BCUT2D eigenvalue weighted by atomic mass is 16.5. The zero-order valence-electron chi connectivity index (χ0n) is 14.7. The number of aromatic amines is 1. The largest absolute Gasteiger partial charge is 0.480 e. The average molecular weight is 355 g/mol. The van der Waals surface area contributed by atoms with Crippen LogP contribution in [0.5, 0.6) is 0 Å². The van der Waals surface area contributed by atoms with Crippen molar-refractivity contribution in [2.75, 3.05) is 0 Å². The van der Waals surface area contributed by atoms with Crippen LogP contribution in [0.15, 0.2) is 35.0 Å². The number of hydrogen-bond donors (Lipinski definition) is 3. The second-order valence-corrected chi connectivity index (χ2v) is 6.32. The van der Waals surface area contributed by atoms with Crippen LogP contribution in [0.3, 0.4) is 0 Å². The maximum atomic E-state index is 12.2. The number of aliphatic carboxylic acids is 1. The van der Waals surface area contributed by atoms with Gasteiger partial charge in [-0.25, -0.2) is 4.79 Å². The van der Waals surface area contributed by atoms with E-state index in [0.29, 0.717) is 12.2 Å². The lowest BCUT2D eigenvalue weighted by molar-refractivity contribution is -0.141. The van der Waals surface area contributed by atoms with Crippen molar-refractivity contribution in [3.8, 4) is 0 Å². The molecule has 3 N–H and O–H groups in total. The average Bonchev–Trinajstić information content (AvgIpc) is 3.16. The molecule has 7 heteroatoms. The molecule has 26 heavy (non-hydrogen) atoms. The first-order valence-electron chi connectivity index (χ1n) is 8.44. The number of carbonyl (C=O) groups is 2. The summed E-state index contributed by atoms with van der Waals surface area (Å²) < 4.78 is 5.08. The third-order valence-corrected chi connectivity index (χ3v) is 4.52. The molecule has 0 bridgehead atoms. The number of carboxylic acids is 1. The van der Waals surface area contributed by atoms with Gasteiger partial charge in [-0.3, -0.25) is 4.79 Å². The van der Waals surface area contributed by atoms with Crippen LogP contribution in [-0.2, 0) is 22.4 Å². The van der Waals surface area contributed by atoms with Gasteiger partial charge in [0, 0.05) is 35.5 Å². The fourth-order valence-electron chi connectivity index (χ4n) is 3.08. The van der Waals surface area contributed by atoms with Gasteiger partial charge in [0.15, 0.2) is 0 Å². The van der Waals surface area contributed by atoms with E-state index in [2.05, 4.69) is 15.5 Å². The molecular formula is C19H21N3O4. The molecule has 0 radical (unpaired) electrons. The van der Waals surface area contributed by atoms with Crippen molar-refractivity contribution in [3.63, 3.8) is 0 Å². The summed E-state index contributed by atoms with van der Waals surface area (Å²) in [5.74, 6) is -0.679. The summed E-state index contributed by atoms with van der Waals surface area (Å²) in [6, 6.07) is 6.69. The van der Waals surface area contributed by atoms with E-state index in [0.717, 1.165) is 27.7 Å². The third-order valence-electron chi connectivity index (χ3n) is 4.52. The van der Waals surface area contributed by atoms with Gasteiger partial charge in [0.2, 0.25) is 5.91 Å². The first-order chi connectivity index (χ1) is 12.5. The number of aryl methyl sites for hydroxylation is 2. The van der Waals surface area contributed by atoms with Crippen molar-refractivity contribution in [1.29, 1.82) is 0 Å². The molecule has 0 fully saturated rings. The molecule has 3 rings (SSSR count). The molecule has 3 aromatic rings. The van der Waals surface area contributed by atoms with E-state index in [1.54, 1.807) is 13.1 Å². The number of carboxylic acid groups (broad SMARTS) is 1. The van der Waals surface area contributed by atoms with E-state index in [9.17, 15) is 14.7 Å². The number of aromatic nitrogens is 2. The molecule has 7 nitrogen and oxygen atoms in total. The predicted molar refractivity (Wildman–Crippen MR) is 95.9 cm³/mol. The van der Waals surface area contributed by atoms with Gasteiger partial charge in [-0.1, -0.05) is 23.4 Å². The predicted octanol–water partition coefficient (Wildman–Crippen LogP) is 2.52. The molecule has 0 aliphatic carbocycles. The second kappa shape index (κ2) is 7.43. The van der Waals surface area contributed by atoms with E-state index in [4.69, 9.17) is 4.52 Å². The fourth-order valence-corrected chi connectivity index (χ4v) is 3.08. The van der Waals surface area contributed by atoms with Crippen LogP contribution in [0.1, 0.15) is 29.0 Å². The second-order valence-electron chi connectivity index (χ2n) is 6.32. The number of nitrogens with one attached hydrogen (secondary N) is 2. The van der Waals surface area contributed by atoms with E-state index >= 15 is 0 Å². The molecule has 2 aromatic heterocycles. The van der Waals surface area contributed by atoms with Crippen LogP contribution in [-0.4, -0.2) is 33.2 Å². The number of para-hydroxylation sites is 1. The Balaban J connectivity index is 1.65. The monoisotopic (exact) mass is 355 g/mol. The Morgan fingerprint density at radius 2 is 2.08 bits per heavy atom. The SMILES string of the molecule is Cc1noc(C)c1CCC(=O)NC(Cc1c[nH]c2ccccc12)C(=O)O. The summed E-state index contributed by atoms with van der Waals surface area (Å²) in [6.07, 6.45) is 2.65. The molecule has 0 spiro atoms. The van der Waals surface area contributed by atoms with E-state index < -0.39 is 12.0 Å². The van der Waals surface area contributed by atoms with Gasteiger partial charge >= 0.3 is 5.97 Å². The maximum absolute atomic E-state index is 12.2. The summed E-state index contributed by atoms with van der Waals surface area (Å²) >= 11 is 0. The molecular weight excluding hydrogens is 334 g/mol. The highest BCUT2D eigenvalue weighted by Crippen LogP contribution is 2.19. The first-order valence-corrected chi connectivity index (χ1v) is 8.44. The summed E-state index contributed by atoms with van der Waals surface area (Å²) in [7, 11) is 0. The number of carbonyl (C=O) groups excluding carboxylic acids is 1. The van der Waals surface area contributed by atoms with Gasteiger partial charge in [0.25, 0.3) is 0 Å². The topological polar surface area (TPSA) is 108 Å². The molecule has 0 saturated heterocycles. The van der Waals surface area contributed by atoms with Crippen molar-refractivity contribution in [2.45, 2.75) is 39.2 Å². The van der Waals surface area contributed by atoms with E-state index in [-0.39, 0.29) is 18.7 Å². The zero-order chi connectivity index (χ0) is 18.7. The van der Waals surface area contributed by atoms with Gasteiger partial charge < -0.3 is 19.9 Å². The van der Waals surface area contributed by atoms with Gasteiger partial charge in [0.05, 0.1) is 5.69 Å². The van der Waals surface area contributed by atoms with Crippen LogP contribution in [0.25, 0.3) is 10.9 Å². The van der Waals surface area contributed by atoms with Crippen LogP contribution in [0.4, 0.5) is 0 Å². The Kier molecular flexibility index (Phi) is 5.06. The van der Waals surface area contributed by atoms with Crippen molar-refractivity contribution in [2.24, 2.45) is 0 Å². The zero-order valence-corrected chi connectivity index (χ0v) is 14.7. The summed E-state index contributed by atoms with van der Waals surface area (Å²) in [6.45, 7) is 3.62. The van der Waals surface area contributed by atoms with Crippen molar-refractivity contribution < 1.29 is 19.2 Å². The van der Waals surface area contributed by atoms with Crippen molar-refractivity contribution in [3.05, 3.63) is 53.0 Å². The lowest BCUT2D eigenvalue weighted by atomic mass is 10.0. The molecule has 0 aliphatic rings. The van der Waals surface area contributed by atoms with Crippen LogP contribution < -0.4 is 5.32 Å². The number of rotatable bonds is 7. The molecule has 1 atom stereocenters. The Bertz CT molecular complexity index is 922. The molecule has 136 valence electrons. The van der Waals surface area contributed by atoms with Gasteiger partial charge in [-0.2, -0.15) is 0 Å². The minimum atomic E-state index is -1.05. The highest BCUT2D eigenvalue weighted by molar-refractivity contribution is 5.86. The van der Waals surface area contributed by atoms with Gasteiger partial charge in [0.1, 0.15) is 11.8 Å². The number of fused-ring (bicyclic) bond motifs is 1. The Morgan fingerprint density at radius 1 is 1.31 bits per heavy atom. The quantitative estimate of drug-likeness (QED) is 0.603. The molecule has 0 saturated carbocycles. The number of nitrogens with zero attached hydrogens (tertiary/aromatic N) is 1.